The van der Waals surface area contributed by atoms with E-state index in [1.165, 1.54) is 153 Å². The van der Waals surface area contributed by atoms with Crippen LogP contribution in [0.1, 0.15) is 426 Å². The largest absolute Gasteiger partial charge is 0.508 e. The lowest BCUT2D eigenvalue weighted by Gasteiger charge is -2.39. The maximum absolute atomic E-state index is 12.6. The molecule has 814 valence electrons. The molecule has 0 saturated carbocycles. The van der Waals surface area contributed by atoms with Crippen molar-refractivity contribution in [2.24, 2.45) is 17.8 Å². The predicted molar refractivity (Wildman–Crippen MR) is 612 cm³/mol. The normalized spacial score (nSPS) is 15.4. The topological polar surface area (TPSA) is 221 Å². The minimum atomic E-state index is -2.81. The van der Waals surface area contributed by atoms with E-state index in [9.17, 15) is 33.0 Å². The number of hydrogen-bond donors (Lipinski definition) is 3. The van der Waals surface area contributed by atoms with E-state index in [0.29, 0.717) is 41.4 Å². The molecule has 17 nitrogen and oxygen atoms in total. The van der Waals surface area contributed by atoms with E-state index >= 15 is 0 Å². The number of aryl methyl sites for hydroxylation is 1. The third-order valence-electron chi connectivity index (χ3n) is 25.1. The number of rotatable bonds is 42. The number of hydrogen-bond acceptors (Lipinski definition) is 19. The summed E-state index contributed by atoms with van der Waals surface area (Å²) < 4.78 is 73.5. The van der Waals surface area contributed by atoms with Crippen LogP contribution >= 0.6 is 23.5 Å². The Morgan fingerprint density at radius 1 is 0.500 bits per heavy atom. The van der Waals surface area contributed by atoms with E-state index in [2.05, 4.69) is 244 Å². The van der Waals surface area contributed by atoms with Crippen LogP contribution < -0.4 is 33.7 Å². The number of ether oxygens (including phenoxy) is 9. The lowest BCUT2D eigenvalue weighted by atomic mass is 9.79. The van der Waals surface area contributed by atoms with Crippen LogP contribution in [-0.2, 0) is 66.5 Å². The first-order chi connectivity index (χ1) is 65.9. The Hall–Kier alpha value is -7.62. The van der Waals surface area contributed by atoms with Gasteiger partial charge in [-0.15, -0.1) is 23.5 Å². The van der Waals surface area contributed by atoms with Crippen molar-refractivity contribution in [2.75, 3.05) is 53.6 Å². The fourth-order valence-corrected chi connectivity index (χ4v) is 20.1. The highest BCUT2D eigenvalue weighted by atomic mass is 32.2. The number of thioether (sulfide) groups is 2. The first kappa shape index (κ1) is 131. The minimum absolute atomic E-state index is 0.00465. The van der Waals surface area contributed by atoms with Crippen LogP contribution in [0.4, 0.5) is 0 Å². The van der Waals surface area contributed by atoms with Crippen molar-refractivity contribution in [2.45, 2.75) is 468 Å². The average molecular weight is 2060 g/mol. The number of carbonyl (C=O) groups excluding carboxylic acids is 3. The Labute approximate surface area is 885 Å². The van der Waals surface area contributed by atoms with E-state index < -0.39 is 9.84 Å². The van der Waals surface area contributed by atoms with E-state index in [1.54, 1.807) is 39.4 Å². The molecule has 3 N–H and O–H groups in total. The number of benzene rings is 5. The SMILES string of the molecule is CC(C)(C)NCCS(C)(=O)=O.CC(C)(C)Oc1c(C(C)(C)C)cc(SC(C)(C)Sc2cc(C(C)(C)C)c(O)c(C(C)(C)C)c2)cc1C(C)(C)C.COC1=C(OC)C(=O)C(CCCCCCCCCCOC(C)(C)C)=C(C)C1=O.COc1cc(/C=C/C(=O)C=C(O)/C=C/c2ccc(OC(C)(C)C)c(OC)c2)ccc1C.Cc1c(C)c2c(c(C)c1OC(C)(C)C)CCC(C)(CCCC(C)CCCC(C)CCCC(C)C)O2. The lowest BCUT2D eigenvalue weighted by molar-refractivity contribution is -0.121. The van der Waals surface area contributed by atoms with E-state index in [0.717, 1.165) is 126 Å². The first-order valence-electron chi connectivity index (χ1n) is 53.0. The summed E-state index contributed by atoms with van der Waals surface area (Å²) in [5, 5.41) is 24.4. The molecule has 20 heteroatoms. The molecule has 5 aromatic rings. The zero-order chi connectivity index (χ0) is 110. The number of phenolic OH excluding ortho intramolecular Hbond substituents is 1. The van der Waals surface area contributed by atoms with Gasteiger partial charge < -0.3 is 58.2 Å². The third-order valence-corrected chi connectivity index (χ3v) is 28.4. The van der Waals surface area contributed by atoms with Crippen molar-refractivity contribution in [3.05, 3.63) is 169 Å². The number of unbranched alkanes of at least 4 members (excludes halogenated alkanes) is 7. The van der Waals surface area contributed by atoms with Gasteiger partial charge in [0.1, 0.15) is 66.7 Å². The summed E-state index contributed by atoms with van der Waals surface area (Å²) in [5.74, 6) is 7.52. The van der Waals surface area contributed by atoms with Gasteiger partial charge in [0.15, 0.2) is 17.3 Å². The van der Waals surface area contributed by atoms with Crippen molar-refractivity contribution in [3.63, 3.8) is 0 Å². The Morgan fingerprint density at radius 3 is 1.39 bits per heavy atom. The Bertz CT molecular complexity index is 5130. The summed E-state index contributed by atoms with van der Waals surface area (Å²) in [6.07, 6.45) is 32.7. The molecule has 1 aliphatic heterocycles. The highest BCUT2D eigenvalue weighted by molar-refractivity contribution is 8.18. The molecule has 0 amide bonds. The van der Waals surface area contributed by atoms with Crippen molar-refractivity contribution in [1.82, 2.24) is 5.32 Å². The Kier molecular flexibility index (Phi) is 51.5. The zero-order valence-electron chi connectivity index (χ0n) is 98.5. The number of sulfone groups is 1. The van der Waals surface area contributed by atoms with Crippen LogP contribution in [0.2, 0.25) is 0 Å². The number of methoxy groups -OCH3 is 4. The van der Waals surface area contributed by atoms with Crippen molar-refractivity contribution >= 4 is 62.9 Å². The van der Waals surface area contributed by atoms with Crippen LogP contribution in [-0.4, -0.2) is 127 Å². The molecule has 3 unspecified atom stereocenters. The maximum Gasteiger partial charge on any atom is 0.228 e. The van der Waals surface area contributed by atoms with Gasteiger partial charge in [-0.2, -0.15) is 0 Å². The van der Waals surface area contributed by atoms with Gasteiger partial charge in [0.25, 0.3) is 0 Å². The lowest BCUT2D eigenvalue weighted by Crippen LogP contribution is -2.38. The number of allylic oxidation sites excluding steroid dienone is 5. The molecule has 0 radical (unpaired) electrons. The molecule has 1 aliphatic carbocycles. The molecule has 3 atom stereocenters. The van der Waals surface area contributed by atoms with Gasteiger partial charge in [0.05, 0.1) is 43.9 Å². The summed E-state index contributed by atoms with van der Waals surface area (Å²) >= 11 is 3.78. The van der Waals surface area contributed by atoms with E-state index in [1.807, 2.05) is 102 Å². The smallest absolute Gasteiger partial charge is 0.228 e. The van der Waals surface area contributed by atoms with E-state index in [-0.39, 0.29) is 99.7 Å². The second kappa shape index (κ2) is 56.8. The predicted octanol–water partition coefficient (Wildman–Crippen LogP) is 33.3. The molecule has 0 saturated heterocycles. The molecule has 0 spiro atoms. The van der Waals surface area contributed by atoms with Crippen molar-refractivity contribution in [3.8, 4) is 40.2 Å². The number of aliphatic hydroxyl groups excluding tert-OH is 1. The van der Waals surface area contributed by atoms with Gasteiger partial charge in [-0.1, -0.05) is 225 Å². The van der Waals surface area contributed by atoms with Gasteiger partial charge in [0, 0.05) is 79.8 Å². The number of Topliss-reactive ketones (excluding diaryl/α,β-unsaturated/α-hetero) is 2. The molecular formula is C124H199NO16S3. The highest BCUT2D eigenvalue weighted by Gasteiger charge is 2.39. The van der Waals surface area contributed by atoms with Crippen LogP contribution in [0.3, 0.4) is 0 Å². The minimum Gasteiger partial charge on any atom is -0.508 e. The summed E-state index contributed by atoms with van der Waals surface area (Å²) in [4.78, 5) is 39.5. The first-order valence-corrected chi connectivity index (χ1v) is 56.7. The fourth-order valence-electron chi connectivity index (χ4n) is 17.0. The van der Waals surface area contributed by atoms with Gasteiger partial charge in [-0.3, -0.25) is 14.4 Å². The Morgan fingerprint density at radius 2 is 0.938 bits per heavy atom. The van der Waals surface area contributed by atoms with Gasteiger partial charge in [-0.05, 0) is 332 Å². The number of aliphatic hydroxyl groups is 1. The molecule has 2 aliphatic rings. The number of carbonyl (C=O) groups is 3. The molecule has 7 rings (SSSR count). The zero-order valence-corrected chi connectivity index (χ0v) is 101. The van der Waals surface area contributed by atoms with Crippen LogP contribution in [0, 0.1) is 45.4 Å². The third kappa shape index (κ3) is 48.3. The molecule has 5 aromatic carbocycles. The highest BCUT2D eigenvalue weighted by Crippen LogP contribution is 2.53. The van der Waals surface area contributed by atoms with Crippen LogP contribution in [0.15, 0.2) is 117 Å². The summed E-state index contributed by atoms with van der Waals surface area (Å²) in [5.41, 5.74) is 12.0. The monoisotopic (exact) mass is 2050 g/mol. The number of nitrogens with one attached hydrogen (secondary N) is 1. The average Bonchev–Trinajstić information content (AvgIpc) is 0.806. The molecular weight excluding hydrogens is 1860 g/mol. The number of ketones is 3. The molecule has 0 fully saturated rings. The van der Waals surface area contributed by atoms with Gasteiger partial charge in [0.2, 0.25) is 23.1 Å². The summed E-state index contributed by atoms with van der Waals surface area (Å²) in [6, 6.07) is 20.2. The van der Waals surface area contributed by atoms with Crippen molar-refractivity contribution in [1.29, 1.82) is 0 Å². The molecule has 144 heavy (non-hydrogen) atoms. The Balaban J connectivity index is 0.000000479. The fraction of sp³-hybridized carbons (Fsp3) is 0.653. The number of fused-ring (bicyclic) bond motifs is 1. The summed E-state index contributed by atoms with van der Waals surface area (Å²) in [7, 11) is 3.15. The quantitative estimate of drug-likeness (QED) is 0.00629. The molecule has 1 heterocycles. The molecule has 0 bridgehead atoms. The standard InChI is InChI=1S/C35H56O2S2.C33H58O2.C26H30O5.C23H38O5.C7H17NO2S/c1-30(2,3)24-18-22(19-25(28(24)36)31(4,5)6)38-35(16,17)39-23-20-26(32(7,8)9)29(37-34(13,14)15)27(21-23)33(10,11)12;1-23(2)15-12-16-24(3)17-13-18-25(4)19-14-21-33(11)22-20-29-28(7)30(34-32(8,9)10)26(5)27(6)31(29)35-33;1-18-7-8-19(15-24(18)29-5)9-12-21(27)17-22(28)13-10-20-11-14-23(25(16-20)30-6)31-26(2,3)4;1-17-18(20(25)22(27-6)21(26-5)19(17)24)15-13-11-9-7-8-10-12-14-16-28-23(2,3)4;1-7(2,3)8-5-6-11(4,9)10/h18-21,36H,1-17H3;23-25H,12-22H2,1-11H3;7-17,28H,1-6H3;7-16H2,1-6H3;8H,5-6H2,1-4H3/b;;12-9+,13-10+,22-17?;;. The van der Waals surface area contributed by atoms with Crippen molar-refractivity contribution < 1.29 is 75.6 Å². The van der Waals surface area contributed by atoms with Crippen LogP contribution in [0.25, 0.3) is 12.2 Å². The number of aromatic hydroxyl groups is 1. The van der Waals surface area contributed by atoms with Crippen LogP contribution in [0.5, 0.6) is 40.2 Å². The van der Waals surface area contributed by atoms with Gasteiger partial charge >= 0.3 is 0 Å². The summed E-state index contributed by atoms with van der Waals surface area (Å²) in [6.45, 7) is 85.8. The van der Waals surface area contributed by atoms with Gasteiger partial charge in [-0.25, -0.2) is 8.42 Å². The molecule has 0 aromatic heterocycles. The number of phenols is 1. The second-order valence-corrected chi connectivity index (χ2v) is 56.2. The van der Waals surface area contributed by atoms with E-state index in [4.69, 9.17) is 42.6 Å². The maximum atomic E-state index is 12.6. The second-order valence-electron chi connectivity index (χ2n) is 50.3.